The smallest absolute Gasteiger partial charge is 0.255 e. The molecule has 0 bridgehead atoms. The van der Waals surface area contributed by atoms with Gasteiger partial charge in [0, 0.05) is 35.3 Å². The zero-order valence-corrected chi connectivity index (χ0v) is 18.7. The van der Waals surface area contributed by atoms with Gasteiger partial charge < -0.3 is 25.8 Å². The molecule has 0 aliphatic heterocycles. The predicted molar refractivity (Wildman–Crippen MR) is 127 cm³/mol. The van der Waals surface area contributed by atoms with Crippen molar-refractivity contribution in [3.05, 3.63) is 46.6 Å². The number of nitrogens with one attached hydrogen (secondary N) is 2. The van der Waals surface area contributed by atoms with Crippen LogP contribution < -0.4 is 25.8 Å². The number of aromatic nitrogens is 1. The summed E-state index contributed by atoms with van der Waals surface area (Å²) in [5, 5.41) is 7.07. The van der Waals surface area contributed by atoms with Gasteiger partial charge in [0.1, 0.15) is 11.5 Å². The van der Waals surface area contributed by atoms with Crippen LogP contribution >= 0.6 is 11.6 Å². The van der Waals surface area contributed by atoms with Crippen molar-refractivity contribution in [1.82, 2.24) is 10.3 Å². The molecule has 0 unspecified atom stereocenters. The number of hydrogen-bond donors (Lipinski definition) is 3. The summed E-state index contributed by atoms with van der Waals surface area (Å²) in [5.74, 6) is 0.875. The fourth-order valence-electron chi connectivity index (χ4n) is 3.61. The van der Waals surface area contributed by atoms with Gasteiger partial charge in [0.25, 0.3) is 5.91 Å². The molecule has 2 aromatic carbocycles. The summed E-state index contributed by atoms with van der Waals surface area (Å²) >= 11 is 6.49. The van der Waals surface area contributed by atoms with Crippen molar-refractivity contribution < 1.29 is 19.1 Å². The van der Waals surface area contributed by atoms with E-state index in [0.717, 1.165) is 32.0 Å². The average molecular weight is 467 g/mol. The van der Waals surface area contributed by atoms with E-state index in [1.165, 1.54) is 7.11 Å². The van der Waals surface area contributed by atoms with Gasteiger partial charge in [0.15, 0.2) is 12.0 Å². The Hall–Kier alpha value is -3.52. The molecule has 1 amide bonds. The lowest BCUT2D eigenvalue weighted by Crippen LogP contribution is -2.25. The predicted octanol–water partition coefficient (Wildman–Crippen LogP) is 4.55. The Kier molecular flexibility index (Phi) is 5.46. The lowest BCUT2D eigenvalue weighted by Gasteiger charge is -2.17. The number of nitrogen functional groups attached to an aromatic ring is 1. The largest absolute Gasteiger partial charge is 0.496 e. The molecule has 2 aliphatic rings. The van der Waals surface area contributed by atoms with E-state index >= 15 is 0 Å². The first-order valence-corrected chi connectivity index (χ1v) is 11.2. The third-order valence-corrected chi connectivity index (χ3v) is 6.14. The number of aldehydes is 1. The van der Waals surface area contributed by atoms with Crippen molar-refractivity contribution in [3.8, 4) is 17.2 Å². The van der Waals surface area contributed by atoms with Crippen LogP contribution in [0.2, 0.25) is 5.02 Å². The van der Waals surface area contributed by atoms with Crippen LogP contribution in [0.5, 0.6) is 17.2 Å². The highest BCUT2D eigenvalue weighted by molar-refractivity contribution is 6.36. The number of halogens is 1. The van der Waals surface area contributed by atoms with Crippen molar-refractivity contribution in [2.75, 3.05) is 18.2 Å². The second-order valence-electron chi connectivity index (χ2n) is 8.33. The molecular weight excluding hydrogens is 444 g/mol. The molecule has 33 heavy (non-hydrogen) atoms. The summed E-state index contributed by atoms with van der Waals surface area (Å²) in [7, 11) is 1.51. The Balaban J connectivity index is 1.55. The van der Waals surface area contributed by atoms with Gasteiger partial charge in [0.05, 0.1) is 34.6 Å². The molecule has 2 fully saturated rings. The summed E-state index contributed by atoms with van der Waals surface area (Å²) in [4.78, 5) is 28.9. The lowest BCUT2D eigenvalue weighted by molar-refractivity contribution is 0.0948. The van der Waals surface area contributed by atoms with Gasteiger partial charge in [-0.1, -0.05) is 11.6 Å². The molecule has 5 rings (SSSR count). The van der Waals surface area contributed by atoms with Crippen LogP contribution in [0.15, 0.2) is 30.5 Å². The van der Waals surface area contributed by atoms with Gasteiger partial charge in [-0.15, -0.1) is 0 Å². The number of benzene rings is 2. The lowest BCUT2D eigenvalue weighted by atomic mass is 10.1. The first-order valence-electron chi connectivity index (χ1n) is 10.8. The summed E-state index contributed by atoms with van der Waals surface area (Å²) in [6.07, 6.45) is 6.30. The summed E-state index contributed by atoms with van der Waals surface area (Å²) in [5.41, 5.74) is 8.33. The normalized spacial score (nSPS) is 15.2. The molecular formula is C24H23ClN4O4. The average Bonchev–Trinajstić information content (AvgIpc) is 3.75. The van der Waals surface area contributed by atoms with E-state index in [-0.39, 0.29) is 28.4 Å². The van der Waals surface area contributed by atoms with Gasteiger partial charge in [-0.05, 0) is 43.9 Å². The van der Waals surface area contributed by atoms with Crippen LogP contribution in [-0.4, -0.2) is 36.4 Å². The molecule has 0 radical (unpaired) electrons. The highest BCUT2D eigenvalue weighted by Crippen LogP contribution is 2.43. The van der Waals surface area contributed by atoms with E-state index in [4.69, 9.17) is 26.8 Å². The Morgan fingerprint density at radius 2 is 1.91 bits per heavy atom. The molecule has 8 nitrogen and oxygen atoms in total. The number of rotatable bonds is 8. The second kappa shape index (κ2) is 8.44. The number of nitrogens with zero attached hydrogens (tertiary/aromatic N) is 1. The summed E-state index contributed by atoms with van der Waals surface area (Å²) in [6, 6.07) is 7.12. The van der Waals surface area contributed by atoms with E-state index in [1.54, 1.807) is 30.5 Å². The number of carbonyl (C=O) groups is 2. The highest BCUT2D eigenvalue weighted by Gasteiger charge is 2.27. The fourth-order valence-corrected chi connectivity index (χ4v) is 3.87. The van der Waals surface area contributed by atoms with Crippen LogP contribution in [0.25, 0.3) is 10.9 Å². The highest BCUT2D eigenvalue weighted by atomic mass is 35.5. The van der Waals surface area contributed by atoms with E-state index < -0.39 is 0 Å². The number of nitrogens with two attached hydrogens (primary N) is 1. The first kappa shape index (κ1) is 21.3. The number of pyridine rings is 1. The summed E-state index contributed by atoms with van der Waals surface area (Å²) < 4.78 is 11.5. The second-order valence-corrected chi connectivity index (χ2v) is 8.71. The minimum absolute atomic E-state index is 0.203. The summed E-state index contributed by atoms with van der Waals surface area (Å²) in [6.45, 7) is 0. The van der Waals surface area contributed by atoms with Gasteiger partial charge in [-0.25, -0.2) is 0 Å². The monoisotopic (exact) mass is 466 g/mol. The molecule has 0 saturated heterocycles. The van der Waals surface area contributed by atoms with Gasteiger partial charge in [0.2, 0.25) is 0 Å². The van der Waals surface area contributed by atoms with Crippen LogP contribution in [0.1, 0.15) is 46.4 Å². The number of methoxy groups -OCH3 is 1. The van der Waals surface area contributed by atoms with E-state index in [2.05, 4.69) is 15.6 Å². The maximum atomic E-state index is 12.8. The molecule has 4 N–H and O–H groups in total. The zero-order chi connectivity index (χ0) is 23.1. The maximum Gasteiger partial charge on any atom is 0.255 e. The van der Waals surface area contributed by atoms with Crippen molar-refractivity contribution in [2.45, 2.75) is 37.8 Å². The van der Waals surface area contributed by atoms with Gasteiger partial charge in [-0.3, -0.25) is 14.6 Å². The number of amides is 1. The minimum Gasteiger partial charge on any atom is -0.496 e. The Morgan fingerprint density at radius 3 is 2.58 bits per heavy atom. The molecule has 2 saturated carbocycles. The van der Waals surface area contributed by atoms with E-state index in [1.807, 2.05) is 0 Å². The van der Waals surface area contributed by atoms with Crippen LogP contribution in [0.4, 0.5) is 11.4 Å². The van der Waals surface area contributed by atoms with Crippen LogP contribution in [0.3, 0.4) is 0 Å². The van der Waals surface area contributed by atoms with Gasteiger partial charge in [-0.2, -0.15) is 0 Å². The fraction of sp³-hybridized carbons (Fsp3) is 0.292. The first-order chi connectivity index (χ1) is 16.0. The number of ether oxygens (including phenoxy) is 2. The quantitative estimate of drug-likeness (QED) is 0.329. The molecule has 1 heterocycles. The Labute approximate surface area is 195 Å². The Morgan fingerprint density at radius 1 is 1.15 bits per heavy atom. The molecule has 9 heteroatoms. The van der Waals surface area contributed by atoms with Crippen LogP contribution in [0, 0.1) is 0 Å². The molecule has 1 aromatic heterocycles. The number of carbonyl (C=O) groups excluding carboxylic acids is 2. The number of hydrogen-bond acceptors (Lipinski definition) is 7. The topological polar surface area (TPSA) is 116 Å². The standard InChI is InChI=1S/C24H23ClN4O4/c1-32-19-10-17-15(9-16(19)24(31)29-14-4-5-14)18(6-7-27-17)33-20-8-12(11-30)23(21(25)22(20)26)28-13-2-3-13/h6-11,13-14,28H,2-5,26H2,1H3,(H,29,31). The molecule has 0 atom stereocenters. The zero-order valence-electron chi connectivity index (χ0n) is 18.0. The molecule has 0 spiro atoms. The Bertz CT molecular complexity index is 1270. The van der Waals surface area contributed by atoms with Crippen molar-refractivity contribution in [1.29, 1.82) is 0 Å². The van der Waals surface area contributed by atoms with Crippen molar-refractivity contribution in [3.63, 3.8) is 0 Å². The minimum atomic E-state index is -0.215. The van der Waals surface area contributed by atoms with Gasteiger partial charge >= 0.3 is 0 Å². The van der Waals surface area contributed by atoms with E-state index in [0.29, 0.717) is 45.3 Å². The number of fused-ring (bicyclic) bond motifs is 1. The van der Waals surface area contributed by atoms with Crippen molar-refractivity contribution >= 4 is 46.1 Å². The molecule has 3 aromatic rings. The SMILES string of the molecule is COc1cc2nccc(Oc3cc(C=O)c(NC4CC4)c(Cl)c3N)c2cc1C(=O)NC1CC1. The third-order valence-electron chi connectivity index (χ3n) is 5.75. The molecule has 170 valence electrons. The van der Waals surface area contributed by atoms with Crippen molar-refractivity contribution in [2.24, 2.45) is 0 Å². The maximum absolute atomic E-state index is 12.8. The van der Waals surface area contributed by atoms with E-state index in [9.17, 15) is 9.59 Å². The number of anilines is 2. The van der Waals surface area contributed by atoms with Crippen LogP contribution in [-0.2, 0) is 0 Å². The third kappa shape index (κ3) is 4.26. The molecule has 2 aliphatic carbocycles.